The van der Waals surface area contributed by atoms with Crippen LogP contribution in [0.4, 0.5) is 18.0 Å². The van der Waals surface area contributed by atoms with Gasteiger partial charge in [0.25, 0.3) is 0 Å². The van der Waals surface area contributed by atoms with Crippen LogP contribution in [0.2, 0.25) is 5.02 Å². The quantitative estimate of drug-likeness (QED) is 0.331. The molecule has 0 saturated heterocycles. The van der Waals surface area contributed by atoms with Gasteiger partial charge in [-0.25, -0.2) is 9.59 Å². The number of hydrogen-bond acceptors (Lipinski definition) is 5. The minimum atomic E-state index is -5.01. The third kappa shape index (κ3) is 6.39. The van der Waals surface area contributed by atoms with Crippen molar-refractivity contribution in [2.45, 2.75) is 44.7 Å². The number of hydrogen-bond donors (Lipinski definition) is 1. The monoisotopic (exact) mass is 547 g/mol. The van der Waals surface area contributed by atoms with E-state index in [4.69, 9.17) is 21.1 Å². The Hall–Kier alpha value is -3.72. The number of rotatable bonds is 6. The van der Waals surface area contributed by atoms with Crippen LogP contribution in [-0.2, 0) is 14.3 Å². The van der Waals surface area contributed by atoms with Crippen LogP contribution in [0.1, 0.15) is 49.4 Å². The average molecular weight is 548 g/mol. The zero-order valence-corrected chi connectivity index (χ0v) is 21.5. The van der Waals surface area contributed by atoms with Crippen molar-refractivity contribution in [2.75, 3.05) is 6.61 Å². The van der Waals surface area contributed by atoms with Gasteiger partial charge in [0.1, 0.15) is 18.0 Å². The molecule has 3 aromatic carbocycles. The van der Waals surface area contributed by atoms with Gasteiger partial charge in [0.2, 0.25) is 0 Å². The predicted octanol–water partition coefficient (Wildman–Crippen LogP) is 7.16. The van der Waals surface area contributed by atoms with Crippen molar-refractivity contribution in [1.29, 1.82) is 0 Å². The van der Waals surface area contributed by atoms with E-state index in [1.165, 1.54) is 6.07 Å². The van der Waals surface area contributed by atoms with Crippen LogP contribution in [0, 0.1) is 0 Å². The summed E-state index contributed by atoms with van der Waals surface area (Å²) in [5.74, 6) is -1.85. The van der Waals surface area contributed by atoms with Crippen LogP contribution in [0.3, 0.4) is 0 Å². The van der Waals surface area contributed by atoms with E-state index in [1.54, 1.807) is 20.8 Å². The molecule has 0 heterocycles. The summed E-state index contributed by atoms with van der Waals surface area (Å²) in [7, 11) is 0. The van der Waals surface area contributed by atoms with Gasteiger partial charge in [0.05, 0.1) is 5.02 Å². The summed E-state index contributed by atoms with van der Waals surface area (Å²) in [6.07, 6.45) is -5.96. The average Bonchev–Trinajstić information content (AvgIpc) is 3.14. The van der Waals surface area contributed by atoms with Gasteiger partial charge < -0.3 is 19.5 Å². The number of amides is 1. The molecule has 0 radical (unpaired) electrons. The lowest BCUT2D eigenvalue weighted by atomic mass is 9.98. The van der Waals surface area contributed by atoms with Gasteiger partial charge in [-0.1, -0.05) is 66.2 Å². The zero-order valence-electron chi connectivity index (χ0n) is 20.8. The van der Waals surface area contributed by atoms with Crippen molar-refractivity contribution in [3.63, 3.8) is 0 Å². The molecule has 0 fully saturated rings. The molecule has 1 aliphatic carbocycles. The van der Waals surface area contributed by atoms with Crippen molar-refractivity contribution >= 4 is 23.7 Å². The molecule has 4 rings (SSSR count). The molecule has 200 valence electrons. The molecule has 10 heteroatoms. The Balaban J connectivity index is 1.55. The van der Waals surface area contributed by atoms with E-state index < -0.39 is 35.8 Å². The second kappa shape index (κ2) is 10.6. The topological polar surface area (TPSA) is 73.9 Å². The van der Waals surface area contributed by atoms with Gasteiger partial charge in [-0.05, 0) is 60.7 Å². The van der Waals surface area contributed by atoms with E-state index in [2.05, 4.69) is 10.1 Å². The fourth-order valence-electron chi connectivity index (χ4n) is 4.30. The summed E-state index contributed by atoms with van der Waals surface area (Å²) in [4.78, 5) is 25.9. The summed E-state index contributed by atoms with van der Waals surface area (Å²) in [6.45, 7) is 4.84. The molecule has 0 bridgehead atoms. The molecule has 3 aromatic rings. The maximum Gasteiger partial charge on any atom is 0.573 e. The number of carbonyl (C=O) groups excluding carboxylic acids is 2. The molecular formula is C28H25ClF3NO5. The van der Waals surface area contributed by atoms with Gasteiger partial charge >= 0.3 is 18.4 Å². The van der Waals surface area contributed by atoms with E-state index in [-0.39, 0.29) is 23.1 Å². The fourth-order valence-corrected chi connectivity index (χ4v) is 4.46. The Morgan fingerprint density at radius 2 is 1.53 bits per heavy atom. The maximum atomic E-state index is 13.0. The minimum Gasteiger partial charge on any atom is -0.458 e. The van der Waals surface area contributed by atoms with Crippen molar-refractivity contribution in [3.8, 4) is 16.9 Å². The Labute approximate surface area is 222 Å². The summed E-state index contributed by atoms with van der Waals surface area (Å²) < 4.78 is 53.4. The number of nitrogens with one attached hydrogen (secondary N) is 1. The number of alkyl halides is 3. The SMILES string of the molecule is CC(C)(C)OC(=O)C(NC(=O)OCC1c2ccccc2-c2ccccc21)c1ccc(Cl)c(OC(F)(F)F)c1. The molecule has 1 N–H and O–H groups in total. The second-order valence-electron chi connectivity index (χ2n) is 9.67. The smallest absolute Gasteiger partial charge is 0.458 e. The zero-order chi connectivity index (χ0) is 27.7. The van der Waals surface area contributed by atoms with Crippen molar-refractivity contribution in [3.05, 3.63) is 88.4 Å². The summed E-state index contributed by atoms with van der Waals surface area (Å²) >= 11 is 5.85. The number of ether oxygens (including phenoxy) is 3. The molecule has 0 aromatic heterocycles. The molecular weight excluding hydrogens is 523 g/mol. The Bertz CT molecular complexity index is 1310. The summed E-state index contributed by atoms with van der Waals surface area (Å²) in [5.41, 5.74) is 3.12. The van der Waals surface area contributed by atoms with Crippen LogP contribution in [-0.4, -0.2) is 30.6 Å². The van der Waals surface area contributed by atoms with Gasteiger partial charge in [-0.2, -0.15) is 0 Å². The highest BCUT2D eigenvalue weighted by atomic mass is 35.5. The first-order valence-corrected chi connectivity index (χ1v) is 12.1. The number of fused-ring (bicyclic) bond motifs is 3. The van der Waals surface area contributed by atoms with Crippen LogP contribution >= 0.6 is 11.6 Å². The number of carbonyl (C=O) groups is 2. The maximum absolute atomic E-state index is 13.0. The van der Waals surface area contributed by atoms with Crippen molar-refractivity contribution in [1.82, 2.24) is 5.32 Å². The molecule has 0 aliphatic heterocycles. The van der Waals surface area contributed by atoms with Crippen LogP contribution < -0.4 is 10.1 Å². The fraction of sp³-hybridized carbons (Fsp3) is 0.286. The summed E-state index contributed by atoms with van der Waals surface area (Å²) in [6, 6.07) is 17.4. The van der Waals surface area contributed by atoms with E-state index in [9.17, 15) is 22.8 Å². The number of esters is 1. The molecule has 1 atom stereocenters. The largest absolute Gasteiger partial charge is 0.573 e. The van der Waals surface area contributed by atoms with Gasteiger partial charge in [-0.15, -0.1) is 13.2 Å². The highest BCUT2D eigenvalue weighted by Crippen LogP contribution is 2.44. The van der Waals surface area contributed by atoms with E-state index in [1.807, 2.05) is 48.5 Å². The Morgan fingerprint density at radius 3 is 2.08 bits per heavy atom. The predicted molar refractivity (Wildman–Crippen MR) is 135 cm³/mol. The molecule has 1 unspecified atom stereocenters. The Morgan fingerprint density at radius 1 is 0.947 bits per heavy atom. The van der Waals surface area contributed by atoms with Crippen LogP contribution in [0.25, 0.3) is 11.1 Å². The molecule has 0 spiro atoms. The second-order valence-corrected chi connectivity index (χ2v) is 10.1. The first-order chi connectivity index (χ1) is 17.8. The Kier molecular flexibility index (Phi) is 7.60. The van der Waals surface area contributed by atoms with Crippen molar-refractivity contribution < 1.29 is 37.0 Å². The molecule has 1 aliphatic rings. The van der Waals surface area contributed by atoms with Crippen LogP contribution in [0.5, 0.6) is 5.75 Å². The van der Waals surface area contributed by atoms with Gasteiger partial charge in [-0.3, -0.25) is 0 Å². The summed E-state index contributed by atoms with van der Waals surface area (Å²) in [5, 5.41) is 2.10. The lowest BCUT2D eigenvalue weighted by Gasteiger charge is -2.25. The third-order valence-electron chi connectivity index (χ3n) is 5.76. The van der Waals surface area contributed by atoms with Crippen molar-refractivity contribution in [2.24, 2.45) is 0 Å². The minimum absolute atomic E-state index is 0.0239. The highest BCUT2D eigenvalue weighted by molar-refractivity contribution is 6.32. The number of benzene rings is 3. The first-order valence-electron chi connectivity index (χ1n) is 11.7. The van der Waals surface area contributed by atoms with Gasteiger partial charge in [0.15, 0.2) is 6.04 Å². The van der Waals surface area contributed by atoms with E-state index in [0.29, 0.717) is 0 Å². The normalized spacial score (nSPS) is 13.8. The highest BCUT2D eigenvalue weighted by Gasteiger charge is 2.35. The van der Waals surface area contributed by atoms with Crippen LogP contribution in [0.15, 0.2) is 66.7 Å². The lowest BCUT2D eigenvalue weighted by molar-refractivity contribution is -0.274. The molecule has 0 saturated carbocycles. The van der Waals surface area contributed by atoms with E-state index in [0.717, 1.165) is 34.4 Å². The standard InChI is InChI=1S/C28H25ClF3NO5/c1-27(2,3)38-25(34)24(16-12-13-22(29)23(14-16)37-28(30,31)32)33-26(35)36-15-21-19-10-6-4-8-17(19)18-9-5-7-11-20(18)21/h4-14,21,24H,15H2,1-3H3,(H,33,35). The molecule has 6 nitrogen and oxygen atoms in total. The van der Waals surface area contributed by atoms with E-state index >= 15 is 0 Å². The first kappa shape index (κ1) is 27.3. The number of alkyl carbamates (subject to hydrolysis) is 1. The van der Waals surface area contributed by atoms with Gasteiger partial charge in [0, 0.05) is 5.92 Å². The third-order valence-corrected chi connectivity index (χ3v) is 6.07. The number of halogens is 4. The molecule has 1 amide bonds. The molecule has 38 heavy (non-hydrogen) atoms. The lowest BCUT2D eigenvalue weighted by Crippen LogP contribution is -2.38.